The molecule has 2 aromatic carbocycles. The summed E-state index contributed by atoms with van der Waals surface area (Å²) in [7, 11) is 1.65. The minimum Gasteiger partial charge on any atom is -0.497 e. The maximum atomic E-state index is 11.9. The summed E-state index contributed by atoms with van der Waals surface area (Å²) in [6, 6.07) is 17.6. The zero-order valence-corrected chi connectivity index (χ0v) is 13.6. The second kappa shape index (κ2) is 8.83. The van der Waals surface area contributed by atoms with Crippen LogP contribution in [-0.4, -0.2) is 19.2 Å². The molecule has 4 nitrogen and oxygen atoms in total. The zero-order valence-electron chi connectivity index (χ0n) is 13.6. The minimum atomic E-state index is -0.380. The Morgan fingerprint density at radius 1 is 1.04 bits per heavy atom. The highest BCUT2D eigenvalue weighted by Gasteiger charge is 2.12. The average Bonchev–Trinajstić information content (AvgIpc) is 2.61. The summed E-state index contributed by atoms with van der Waals surface area (Å²) < 4.78 is 10.4. The van der Waals surface area contributed by atoms with Crippen molar-refractivity contribution >= 4 is 6.09 Å². The van der Waals surface area contributed by atoms with Crippen LogP contribution >= 0.6 is 0 Å². The van der Waals surface area contributed by atoms with Crippen molar-refractivity contribution in [1.82, 2.24) is 5.32 Å². The number of hydrogen-bond donors (Lipinski definition) is 1. The largest absolute Gasteiger partial charge is 0.497 e. The van der Waals surface area contributed by atoms with E-state index < -0.39 is 0 Å². The Hall–Kier alpha value is -2.49. The number of benzene rings is 2. The van der Waals surface area contributed by atoms with E-state index in [1.165, 1.54) is 0 Å². The Labute approximate surface area is 137 Å². The fourth-order valence-electron chi connectivity index (χ4n) is 2.28. The smallest absolute Gasteiger partial charge is 0.407 e. The highest BCUT2D eigenvalue weighted by molar-refractivity contribution is 5.67. The van der Waals surface area contributed by atoms with Gasteiger partial charge in [0.25, 0.3) is 0 Å². The third-order valence-corrected chi connectivity index (χ3v) is 3.67. The van der Waals surface area contributed by atoms with Gasteiger partial charge in [-0.3, -0.25) is 0 Å². The van der Waals surface area contributed by atoms with Crippen LogP contribution in [0.15, 0.2) is 54.6 Å². The second-order valence-corrected chi connectivity index (χ2v) is 5.36. The number of hydrogen-bond acceptors (Lipinski definition) is 3. The SMILES string of the molecule is CC[C@H](Cc1ccc(OC)cc1)NC(=O)OCc1ccccc1. The predicted octanol–water partition coefficient (Wildman–Crippen LogP) is 3.94. The van der Waals surface area contributed by atoms with E-state index in [-0.39, 0.29) is 18.7 Å². The number of carbonyl (C=O) groups is 1. The monoisotopic (exact) mass is 313 g/mol. The van der Waals surface area contributed by atoms with E-state index in [0.29, 0.717) is 0 Å². The quantitative estimate of drug-likeness (QED) is 0.842. The van der Waals surface area contributed by atoms with Crippen LogP contribution in [0.4, 0.5) is 4.79 Å². The third kappa shape index (κ3) is 5.66. The molecule has 0 saturated carbocycles. The topological polar surface area (TPSA) is 47.6 Å². The molecular formula is C19H23NO3. The van der Waals surface area contributed by atoms with Gasteiger partial charge in [-0.05, 0) is 36.1 Å². The molecule has 0 aliphatic carbocycles. The van der Waals surface area contributed by atoms with Crippen LogP contribution in [0, 0.1) is 0 Å². The fraction of sp³-hybridized carbons (Fsp3) is 0.316. The molecule has 1 atom stereocenters. The molecule has 2 aromatic rings. The lowest BCUT2D eigenvalue weighted by atomic mass is 10.0. The molecule has 1 N–H and O–H groups in total. The van der Waals surface area contributed by atoms with Gasteiger partial charge in [-0.25, -0.2) is 4.79 Å². The fourth-order valence-corrected chi connectivity index (χ4v) is 2.28. The van der Waals surface area contributed by atoms with Gasteiger partial charge in [-0.1, -0.05) is 49.4 Å². The molecule has 4 heteroatoms. The minimum absolute atomic E-state index is 0.0478. The molecule has 122 valence electrons. The second-order valence-electron chi connectivity index (χ2n) is 5.36. The molecule has 0 bridgehead atoms. The lowest BCUT2D eigenvalue weighted by Crippen LogP contribution is -2.36. The first-order chi connectivity index (χ1) is 11.2. The Morgan fingerprint density at radius 2 is 1.74 bits per heavy atom. The predicted molar refractivity (Wildman–Crippen MR) is 90.5 cm³/mol. The third-order valence-electron chi connectivity index (χ3n) is 3.67. The van der Waals surface area contributed by atoms with Gasteiger partial charge in [0.1, 0.15) is 12.4 Å². The number of ether oxygens (including phenoxy) is 2. The zero-order chi connectivity index (χ0) is 16.5. The van der Waals surface area contributed by atoms with Gasteiger partial charge >= 0.3 is 6.09 Å². The molecular weight excluding hydrogens is 290 g/mol. The number of rotatable bonds is 7. The van der Waals surface area contributed by atoms with Crippen molar-refractivity contribution in [1.29, 1.82) is 0 Å². The van der Waals surface area contributed by atoms with Crippen molar-refractivity contribution in [2.24, 2.45) is 0 Å². The molecule has 0 radical (unpaired) electrons. The van der Waals surface area contributed by atoms with Gasteiger partial charge in [0.2, 0.25) is 0 Å². The molecule has 0 aliphatic rings. The highest BCUT2D eigenvalue weighted by atomic mass is 16.5. The molecule has 0 unspecified atom stereocenters. The van der Waals surface area contributed by atoms with Crippen LogP contribution in [0.3, 0.4) is 0 Å². The van der Waals surface area contributed by atoms with Gasteiger partial charge in [0.05, 0.1) is 7.11 Å². The first kappa shape index (κ1) is 16.9. The van der Waals surface area contributed by atoms with E-state index in [1.54, 1.807) is 7.11 Å². The number of alkyl carbamates (subject to hydrolysis) is 1. The van der Waals surface area contributed by atoms with E-state index in [0.717, 1.165) is 29.7 Å². The van der Waals surface area contributed by atoms with Crippen molar-refractivity contribution in [2.75, 3.05) is 7.11 Å². The first-order valence-electron chi connectivity index (χ1n) is 7.81. The summed E-state index contributed by atoms with van der Waals surface area (Å²) >= 11 is 0. The van der Waals surface area contributed by atoms with E-state index >= 15 is 0 Å². The Balaban J connectivity index is 1.82. The van der Waals surface area contributed by atoms with Crippen molar-refractivity contribution in [3.05, 3.63) is 65.7 Å². The summed E-state index contributed by atoms with van der Waals surface area (Å²) in [6.07, 6.45) is 1.22. The highest BCUT2D eigenvalue weighted by Crippen LogP contribution is 2.13. The van der Waals surface area contributed by atoms with Crippen molar-refractivity contribution < 1.29 is 14.3 Å². The lowest BCUT2D eigenvalue weighted by Gasteiger charge is -2.17. The molecule has 0 spiro atoms. The number of carbonyl (C=O) groups excluding carboxylic acids is 1. The van der Waals surface area contributed by atoms with Crippen molar-refractivity contribution in [3.63, 3.8) is 0 Å². The molecule has 1 amide bonds. The van der Waals surface area contributed by atoms with Gasteiger partial charge in [-0.15, -0.1) is 0 Å². The molecule has 0 heterocycles. The molecule has 23 heavy (non-hydrogen) atoms. The Kier molecular flexibility index (Phi) is 6.48. The van der Waals surface area contributed by atoms with Gasteiger partial charge in [0, 0.05) is 6.04 Å². The van der Waals surface area contributed by atoms with Gasteiger partial charge < -0.3 is 14.8 Å². The van der Waals surface area contributed by atoms with Crippen LogP contribution in [0.1, 0.15) is 24.5 Å². The summed E-state index contributed by atoms with van der Waals surface area (Å²) in [5.74, 6) is 0.831. The first-order valence-corrected chi connectivity index (χ1v) is 7.81. The standard InChI is InChI=1S/C19H23NO3/c1-3-17(13-15-9-11-18(22-2)12-10-15)20-19(21)23-14-16-7-5-4-6-8-16/h4-12,17H,3,13-14H2,1-2H3,(H,20,21)/t17-/m1/s1. The van der Waals surface area contributed by atoms with Crippen LogP contribution in [0.5, 0.6) is 5.75 Å². The normalized spacial score (nSPS) is 11.6. The Bertz CT molecular complexity index is 596. The van der Waals surface area contributed by atoms with E-state index in [9.17, 15) is 4.79 Å². The van der Waals surface area contributed by atoms with E-state index in [4.69, 9.17) is 9.47 Å². The van der Waals surface area contributed by atoms with Crippen LogP contribution < -0.4 is 10.1 Å². The number of methoxy groups -OCH3 is 1. The summed E-state index contributed by atoms with van der Waals surface area (Å²) in [6.45, 7) is 2.33. The summed E-state index contributed by atoms with van der Waals surface area (Å²) in [5.41, 5.74) is 2.13. The van der Waals surface area contributed by atoms with Crippen LogP contribution in [0.2, 0.25) is 0 Å². The molecule has 0 fully saturated rings. The molecule has 0 aliphatic heterocycles. The summed E-state index contributed by atoms with van der Waals surface area (Å²) in [5, 5.41) is 2.92. The molecule has 2 rings (SSSR count). The maximum Gasteiger partial charge on any atom is 0.407 e. The average molecular weight is 313 g/mol. The molecule has 0 aromatic heterocycles. The maximum absolute atomic E-state index is 11.9. The van der Waals surface area contributed by atoms with Crippen molar-refractivity contribution in [3.8, 4) is 5.75 Å². The Morgan fingerprint density at radius 3 is 2.35 bits per heavy atom. The number of nitrogens with one attached hydrogen (secondary N) is 1. The van der Waals surface area contributed by atoms with Crippen molar-refractivity contribution in [2.45, 2.75) is 32.4 Å². The number of amides is 1. The van der Waals surface area contributed by atoms with E-state index in [2.05, 4.69) is 5.32 Å². The lowest BCUT2D eigenvalue weighted by molar-refractivity contribution is 0.135. The van der Waals surface area contributed by atoms with Gasteiger partial charge in [0.15, 0.2) is 0 Å². The molecule has 0 saturated heterocycles. The summed E-state index contributed by atoms with van der Waals surface area (Å²) in [4.78, 5) is 11.9. The van der Waals surface area contributed by atoms with E-state index in [1.807, 2.05) is 61.5 Å². The van der Waals surface area contributed by atoms with Gasteiger partial charge in [-0.2, -0.15) is 0 Å². The van der Waals surface area contributed by atoms with Crippen LogP contribution in [-0.2, 0) is 17.8 Å². The van der Waals surface area contributed by atoms with Crippen LogP contribution in [0.25, 0.3) is 0 Å².